The SMILES string of the molecule is CC1O[C@@H](C)C(C)C(C)[C@H]1C.CC1O[C@@H](OCN(Cc2ccccc2)C(=O)OCc2ccccc2)C(OC(=O)c2ccccc2)[C@@H](O)[C@H]1C.CC1[C@H](O[C@@H]2C(OC(=O)c3ccccc3)[C@H](OCN(Cc3ccccc3)C(=O)OCc3ccccc3)OC(C)[C@@H]2C)OC(C)[C@H](C)[C@@H]1O. The first kappa shape index (κ1) is 75.2. The Morgan fingerprint density at radius 2 is 0.680 bits per heavy atom. The first-order chi connectivity index (χ1) is 46.6. The summed E-state index contributed by atoms with van der Waals surface area (Å²) in [6.45, 7) is 24.7. The highest BCUT2D eigenvalue weighted by Gasteiger charge is 2.51. The fraction of sp³-hybridized carbons (Fsp3) is 0.487. The van der Waals surface area contributed by atoms with E-state index in [4.69, 9.17) is 52.1 Å². The van der Waals surface area contributed by atoms with E-state index >= 15 is 0 Å². The van der Waals surface area contributed by atoms with Gasteiger partial charge in [0, 0.05) is 23.7 Å². The van der Waals surface area contributed by atoms with Gasteiger partial charge in [0.2, 0.25) is 0 Å². The number of carbonyl (C=O) groups is 4. The molecule has 9 unspecified atom stereocenters. The molecule has 20 atom stereocenters. The van der Waals surface area contributed by atoms with Gasteiger partial charge < -0.3 is 62.3 Å². The molecule has 10 rings (SSSR count). The molecule has 0 radical (unpaired) electrons. The minimum absolute atomic E-state index is 0.0779. The lowest BCUT2D eigenvalue weighted by atomic mass is 9.77. The van der Waals surface area contributed by atoms with E-state index < -0.39 is 73.5 Å². The smallest absolute Gasteiger partial charge is 0.412 e. The van der Waals surface area contributed by atoms with Gasteiger partial charge in [0.05, 0.1) is 60.8 Å². The number of hydrogen-bond donors (Lipinski definition) is 2. The van der Waals surface area contributed by atoms with Crippen LogP contribution in [0, 0.1) is 41.4 Å². The van der Waals surface area contributed by atoms with E-state index in [1.165, 1.54) is 9.80 Å². The zero-order valence-electron chi connectivity index (χ0n) is 58.0. The van der Waals surface area contributed by atoms with Crippen LogP contribution in [0.1, 0.15) is 126 Å². The molecule has 0 bridgehead atoms. The van der Waals surface area contributed by atoms with Gasteiger partial charge >= 0.3 is 24.1 Å². The van der Waals surface area contributed by atoms with E-state index in [-0.39, 0.29) is 81.7 Å². The molecular weight excluding hydrogens is 1240 g/mol. The number of nitrogens with zero attached hydrogens (tertiary/aromatic N) is 2. The Labute approximate surface area is 572 Å². The second-order valence-corrected chi connectivity index (χ2v) is 26.3. The third kappa shape index (κ3) is 21.2. The summed E-state index contributed by atoms with van der Waals surface area (Å²) in [4.78, 5) is 55.6. The van der Waals surface area contributed by atoms with Gasteiger partial charge in [0.1, 0.15) is 38.9 Å². The van der Waals surface area contributed by atoms with Crippen LogP contribution in [-0.2, 0) is 78.4 Å². The number of benzene rings is 6. The van der Waals surface area contributed by atoms with Gasteiger partial charge in [-0.3, -0.25) is 9.80 Å². The summed E-state index contributed by atoms with van der Waals surface area (Å²) >= 11 is 0. The van der Waals surface area contributed by atoms with Crippen LogP contribution in [0.4, 0.5) is 9.59 Å². The van der Waals surface area contributed by atoms with Crippen molar-refractivity contribution in [2.75, 3.05) is 13.5 Å². The molecule has 0 aliphatic carbocycles. The Kier molecular flexibility index (Phi) is 28.6. The van der Waals surface area contributed by atoms with Crippen LogP contribution in [0.5, 0.6) is 0 Å². The molecule has 4 saturated heterocycles. The number of amides is 2. The zero-order chi connectivity index (χ0) is 69.7. The number of ether oxygens (including phenoxy) is 11. The van der Waals surface area contributed by atoms with Crippen LogP contribution >= 0.6 is 0 Å². The van der Waals surface area contributed by atoms with Crippen molar-refractivity contribution in [2.24, 2.45) is 41.4 Å². The molecule has 2 N–H and O–H groups in total. The Bertz CT molecular complexity index is 3290. The lowest BCUT2D eigenvalue weighted by molar-refractivity contribution is -0.336. The summed E-state index contributed by atoms with van der Waals surface area (Å²) in [5.74, 6) is 0.0689. The molecule has 0 spiro atoms. The summed E-state index contributed by atoms with van der Waals surface area (Å²) in [6, 6.07) is 54.9. The minimum atomic E-state index is -1.10. The van der Waals surface area contributed by atoms with Crippen molar-refractivity contribution >= 4 is 24.1 Å². The second-order valence-electron chi connectivity index (χ2n) is 26.3. The molecule has 97 heavy (non-hydrogen) atoms. The van der Waals surface area contributed by atoms with E-state index in [9.17, 15) is 29.4 Å². The molecule has 6 aromatic carbocycles. The van der Waals surface area contributed by atoms with Crippen molar-refractivity contribution in [1.29, 1.82) is 0 Å². The predicted octanol–water partition coefficient (Wildman–Crippen LogP) is 13.6. The van der Waals surface area contributed by atoms with Crippen molar-refractivity contribution in [1.82, 2.24) is 9.80 Å². The van der Waals surface area contributed by atoms with Crippen LogP contribution in [0.25, 0.3) is 0 Å². The molecule has 2 amide bonds. The second kappa shape index (κ2) is 36.9. The number of aliphatic hydroxyl groups excluding tert-OH is 2. The van der Waals surface area contributed by atoms with Crippen LogP contribution in [0.3, 0.4) is 0 Å². The Hall–Kier alpha value is -7.56. The normalized spacial score (nSPS) is 29.9. The quantitative estimate of drug-likeness (QED) is 0.0413. The van der Waals surface area contributed by atoms with Crippen molar-refractivity contribution in [3.05, 3.63) is 215 Å². The molecule has 4 aliphatic rings. The highest BCUT2D eigenvalue weighted by Crippen LogP contribution is 2.38. The maximum Gasteiger partial charge on any atom is 0.412 e. The lowest BCUT2D eigenvalue weighted by Gasteiger charge is -2.48. The molecular formula is C78H100N2O17. The first-order valence-corrected chi connectivity index (χ1v) is 34.0. The standard InChI is InChI=1S/C38H47NO9.C30H33NO7.C10H20O/c1-24-27(4)45-36(26(3)32(24)40)48-33-25(2)28(5)46-37(34(33)47-35(41)31-19-13-8-14-20-31)44-23-39(21-29-15-9-6-10-16-29)38(42)43-22-30-17-11-7-12-18-30;1-21-22(2)37-29(27(26(21)32)38-28(33)25-16-10-5-11-17-25)36-20-31(18-23-12-6-3-7-13-23)30(34)35-19-24-14-8-4-9-15-24;1-6-7(2)9(4)11-10(5)8(6)3/h6-20,24-28,32-34,36-37,40H,21-23H2,1-5H3;3-17,21-22,26-27,29,32H,18-20H2,1-2H3;6-10H,1-5H3/t24-,25-,26?,27?,28?,32-,33-,34?,36-,37+;21-,22?,26-,27?,29+;6?,7-,8?,9?,10+/m001/s1. The van der Waals surface area contributed by atoms with Gasteiger partial charge in [-0.2, -0.15) is 0 Å². The average molecular weight is 1340 g/mol. The van der Waals surface area contributed by atoms with Crippen LogP contribution in [-0.4, -0.2) is 138 Å². The number of aliphatic hydroxyl groups is 2. The largest absolute Gasteiger partial charge is 0.451 e. The molecule has 0 aromatic heterocycles. The minimum Gasteiger partial charge on any atom is -0.451 e. The number of rotatable bonds is 20. The highest BCUT2D eigenvalue weighted by atomic mass is 16.7. The van der Waals surface area contributed by atoms with E-state index in [2.05, 4.69) is 34.6 Å². The summed E-state index contributed by atoms with van der Waals surface area (Å²) in [5, 5.41) is 21.9. The van der Waals surface area contributed by atoms with E-state index in [0.717, 1.165) is 28.2 Å². The average Bonchev–Trinajstić information content (AvgIpc) is 0.803. The monoisotopic (exact) mass is 1340 g/mol. The number of carbonyl (C=O) groups excluding carboxylic acids is 4. The maximum absolute atomic E-state index is 13.5. The summed E-state index contributed by atoms with van der Waals surface area (Å²) in [6.07, 6.45) is -8.73. The van der Waals surface area contributed by atoms with Gasteiger partial charge in [-0.05, 0) is 98.9 Å². The third-order valence-corrected chi connectivity index (χ3v) is 19.5. The topological polar surface area (TPSA) is 217 Å². The maximum atomic E-state index is 13.5. The van der Waals surface area contributed by atoms with Crippen molar-refractivity contribution in [3.8, 4) is 0 Å². The van der Waals surface area contributed by atoms with Crippen LogP contribution < -0.4 is 0 Å². The molecule has 4 aliphatic heterocycles. The first-order valence-electron chi connectivity index (χ1n) is 34.0. The highest BCUT2D eigenvalue weighted by molar-refractivity contribution is 5.90. The molecule has 19 nitrogen and oxygen atoms in total. The molecule has 0 saturated carbocycles. The summed E-state index contributed by atoms with van der Waals surface area (Å²) < 4.78 is 66.2. The van der Waals surface area contributed by atoms with Gasteiger partial charge in [-0.15, -0.1) is 0 Å². The molecule has 524 valence electrons. The van der Waals surface area contributed by atoms with E-state index in [1.807, 2.05) is 176 Å². The number of esters is 2. The molecule has 19 heteroatoms. The van der Waals surface area contributed by atoms with Gasteiger partial charge in [0.15, 0.2) is 31.1 Å². The van der Waals surface area contributed by atoms with E-state index in [1.54, 1.807) is 54.6 Å². The Balaban J connectivity index is 0.000000218. The lowest BCUT2D eigenvalue weighted by Crippen LogP contribution is -2.59. The van der Waals surface area contributed by atoms with E-state index in [0.29, 0.717) is 35.2 Å². The molecule has 4 fully saturated rings. The van der Waals surface area contributed by atoms with Gasteiger partial charge in [0.25, 0.3) is 0 Å². The fourth-order valence-corrected chi connectivity index (χ4v) is 12.0. The van der Waals surface area contributed by atoms with Crippen LogP contribution in [0.15, 0.2) is 182 Å². The Morgan fingerprint density at radius 1 is 0.351 bits per heavy atom. The third-order valence-electron chi connectivity index (χ3n) is 19.5. The van der Waals surface area contributed by atoms with Crippen molar-refractivity contribution in [3.63, 3.8) is 0 Å². The molecule has 6 aromatic rings. The summed E-state index contributed by atoms with van der Waals surface area (Å²) in [7, 11) is 0. The zero-order valence-corrected chi connectivity index (χ0v) is 58.0. The Morgan fingerprint density at radius 3 is 1.09 bits per heavy atom. The van der Waals surface area contributed by atoms with Crippen LogP contribution in [0.2, 0.25) is 0 Å². The van der Waals surface area contributed by atoms with Crippen molar-refractivity contribution in [2.45, 2.75) is 189 Å². The van der Waals surface area contributed by atoms with Gasteiger partial charge in [-0.1, -0.05) is 206 Å². The molecule has 4 heterocycles. The van der Waals surface area contributed by atoms with Crippen molar-refractivity contribution < 1.29 is 81.5 Å². The number of hydrogen-bond acceptors (Lipinski definition) is 17. The van der Waals surface area contributed by atoms with Gasteiger partial charge in [-0.25, -0.2) is 19.2 Å². The predicted molar refractivity (Wildman–Crippen MR) is 364 cm³/mol. The fourth-order valence-electron chi connectivity index (χ4n) is 12.0. The summed E-state index contributed by atoms with van der Waals surface area (Å²) in [5.41, 5.74) is 4.17.